The van der Waals surface area contributed by atoms with E-state index in [1.54, 1.807) is 0 Å². The summed E-state index contributed by atoms with van der Waals surface area (Å²) in [4.78, 5) is 0. The summed E-state index contributed by atoms with van der Waals surface area (Å²) in [6.07, 6.45) is 16.8. The van der Waals surface area contributed by atoms with Crippen molar-refractivity contribution >= 4 is 0 Å². The van der Waals surface area contributed by atoms with Crippen molar-refractivity contribution in [1.29, 1.82) is 0 Å². The van der Waals surface area contributed by atoms with E-state index in [0.717, 1.165) is 11.5 Å². The molecular formula is C24H34. The summed E-state index contributed by atoms with van der Waals surface area (Å²) in [7, 11) is 0. The van der Waals surface area contributed by atoms with Crippen molar-refractivity contribution in [2.24, 2.45) is 5.92 Å². The Morgan fingerprint density at radius 2 is 1.71 bits per heavy atom. The SMILES string of the molecule is CCCCCCc1ccc(C#CC2=CCC(CCCC)CC2)cc1. The van der Waals surface area contributed by atoms with Crippen LogP contribution >= 0.6 is 0 Å². The molecule has 0 amide bonds. The van der Waals surface area contributed by atoms with Crippen LogP contribution in [-0.4, -0.2) is 0 Å². The van der Waals surface area contributed by atoms with E-state index in [9.17, 15) is 0 Å². The number of hydrogen-bond donors (Lipinski definition) is 0. The van der Waals surface area contributed by atoms with Crippen molar-refractivity contribution in [2.45, 2.75) is 84.5 Å². The highest BCUT2D eigenvalue weighted by Gasteiger charge is 2.12. The highest BCUT2D eigenvalue weighted by molar-refractivity contribution is 5.42. The van der Waals surface area contributed by atoms with Crippen molar-refractivity contribution in [3.63, 3.8) is 0 Å². The van der Waals surface area contributed by atoms with Gasteiger partial charge in [0.1, 0.15) is 0 Å². The monoisotopic (exact) mass is 322 g/mol. The van der Waals surface area contributed by atoms with Crippen molar-refractivity contribution in [3.05, 3.63) is 47.0 Å². The molecule has 130 valence electrons. The zero-order chi connectivity index (χ0) is 17.0. The zero-order valence-corrected chi connectivity index (χ0v) is 15.7. The van der Waals surface area contributed by atoms with Crippen LogP contribution in [0.5, 0.6) is 0 Å². The molecule has 1 unspecified atom stereocenters. The molecule has 0 saturated heterocycles. The number of aryl methyl sites for hydroxylation is 1. The van der Waals surface area contributed by atoms with E-state index in [2.05, 4.69) is 56.0 Å². The van der Waals surface area contributed by atoms with Crippen molar-refractivity contribution in [2.75, 3.05) is 0 Å². The molecule has 1 aromatic rings. The van der Waals surface area contributed by atoms with Crippen molar-refractivity contribution in [1.82, 2.24) is 0 Å². The van der Waals surface area contributed by atoms with Crippen LogP contribution in [0.2, 0.25) is 0 Å². The van der Waals surface area contributed by atoms with Crippen molar-refractivity contribution < 1.29 is 0 Å². The first-order chi connectivity index (χ1) is 11.8. The lowest BCUT2D eigenvalue weighted by Gasteiger charge is -2.19. The lowest BCUT2D eigenvalue weighted by molar-refractivity contribution is 0.425. The number of benzene rings is 1. The average Bonchev–Trinajstić information content (AvgIpc) is 2.64. The third-order valence-electron chi connectivity index (χ3n) is 5.13. The highest BCUT2D eigenvalue weighted by Crippen LogP contribution is 2.27. The smallest absolute Gasteiger partial charge is 0.0249 e. The Morgan fingerprint density at radius 3 is 2.38 bits per heavy atom. The number of allylic oxidation sites excluding steroid dienone is 2. The summed E-state index contributed by atoms with van der Waals surface area (Å²) in [5, 5.41) is 0. The Balaban J connectivity index is 1.80. The van der Waals surface area contributed by atoms with Crippen LogP contribution in [0.3, 0.4) is 0 Å². The van der Waals surface area contributed by atoms with E-state index in [4.69, 9.17) is 0 Å². The second kappa shape index (κ2) is 11.1. The fraction of sp³-hybridized carbons (Fsp3) is 0.583. The molecule has 0 bridgehead atoms. The number of rotatable bonds is 8. The maximum Gasteiger partial charge on any atom is 0.0249 e. The van der Waals surface area contributed by atoms with Crippen LogP contribution in [0.15, 0.2) is 35.9 Å². The fourth-order valence-corrected chi connectivity index (χ4v) is 3.42. The molecule has 1 aromatic carbocycles. The normalized spacial score (nSPS) is 17.1. The average molecular weight is 323 g/mol. The molecule has 0 spiro atoms. The Hall–Kier alpha value is -1.48. The fourth-order valence-electron chi connectivity index (χ4n) is 3.42. The largest absolute Gasteiger partial charge is 0.0726 e. The van der Waals surface area contributed by atoms with Gasteiger partial charge in [-0.2, -0.15) is 0 Å². The molecule has 0 fully saturated rings. The van der Waals surface area contributed by atoms with Gasteiger partial charge in [0.2, 0.25) is 0 Å². The minimum atomic E-state index is 0.905. The second-order valence-corrected chi connectivity index (χ2v) is 7.27. The van der Waals surface area contributed by atoms with Crippen molar-refractivity contribution in [3.8, 4) is 11.8 Å². The molecule has 1 aliphatic rings. The summed E-state index contributed by atoms with van der Waals surface area (Å²) >= 11 is 0. The topological polar surface area (TPSA) is 0 Å². The summed E-state index contributed by atoms with van der Waals surface area (Å²) in [5.74, 6) is 7.67. The maximum absolute atomic E-state index is 3.41. The van der Waals surface area contributed by atoms with Crippen LogP contribution in [0, 0.1) is 17.8 Å². The number of hydrogen-bond acceptors (Lipinski definition) is 0. The highest BCUT2D eigenvalue weighted by atomic mass is 14.2. The van der Waals surface area contributed by atoms with Gasteiger partial charge in [-0.25, -0.2) is 0 Å². The van der Waals surface area contributed by atoms with Crippen LogP contribution < -0.4 is 0 Å². The summed E-state index contributed by atoms with van der Waals surface area (Å²) in [5.41, 5.74) is 3.96. The van der Waals surface area contributed by atoms with E-state index >= 15 is 0 Å². The number of unbranched alkanes of at least 4 members (excludes halogenated alkanes) is 4. The van der Waals surface area contributed by atoms with Crippen LogP contribution in [0.1, 0.15) is 89.2 Å². The first-order valence-electron chi connectivity index (χ1n) is 10.1. The molecule has 1 aliphatic carbocycles. The minimum absolute atomic E-state index is 0.905. The van der Waals surface area contributed by atoms with Gasteiger partial charge in [0.25, 0.3) is 0 Å². The van der Waals surface area contributed by atoms with Crippen LogP contribution in [-0.2, 0) is 6.42 Å². The minimum Gasteiger partial charge on any atom is -0.0726 e. The van der Waals surface area contributed by atoms with E-state index < -0.39 is 0 Å². The molecule has 1 atom stereocenters. The van der Waals surface area contributed by atoms with Gasteiger partial charge in [-0.3, -0.25) is 0 Å². The molecule has 0 heterocycles. The molecular weight excluding hydrogens is 288 g/mol. The first-order valence-corrected chi connectivity index (χ1v) is 10.1. The standard InChI is InChI=1S/C24H34/c1-3-5-7-8-10-22-13-17-24(18-14-22)20-19-23-15-11-21(12-16-23)9-6-4-2/h13-15,17-18,21H,3-12,16H2,1-2H3. The van der Waals surface area contributed by atoms with E-state index in [-0.39, 0.29) is 0 Å². The van der Waals surface area contributed by atoms with E-state index in [1.165, 1.54) is 81.8 Å². The maximum atomic E-state index is 3.41. The third kappa shape index (κ3) is 6.96. The molecule has 2 rings (SSSR count). The molecule has 0 radical (unpaired) electrons. The molecule has 0 N–H and O–H groups in total. The predicted octanol–water partition coefficient (Wildman–Crippen LogP) is 7.08. The van der Waals surface area contributed by atoms with Gasteiger partial charge in [0.15, 0.2) is 0 Å². The third-order valence-corrected chi connectivity index (χ3v) is 5.13. The molecule has 0 heteroatoms. The van der Waals surface area contributed by atoms with Gasteiger partial charge in [-0.15, -0.1) is 0 Å². The van der Waals surface area contributed by atoms with E-state index in [0.29, 0.717) is 0 Å². The first kappa shape index (κ1) is 18.9. The molecule has 0 nitrogen and oxygen atoms in total. The quantitative estimate of drug-likeness (QED) is 0.354. The van der Waals surface area contributed by atoms with Gasteiger partial charge in [0, 0.05) is 5.56 Å². The lowest BCUT2D eigenvalue weighted by atomic mass is 9.86. The van der Waals surface area contributed by atoms with Gasteiger partial charge in [-0.05, 0) is 61.3 Å². The Bertz CT molecular complexity index is 550. The molecule has 24 heavy (non-hydrogen) atoms. The molecule has 0 aliphatic heterocycles. The Morgan fingerprint density at radius 1 is 0.917 bits per heavy atom. The van der Waals surface area contributed by atoms with Gasteiger partial charge in [-0.1, -0.05) is 82.4 Å². The van der Waals surface area contributed by atoms with Gasteiger partial charge < -0.3 is 0 Å². The van der Waals surface area contributed by atoms with E-state index in [1.807, 2.05) is 0 Å². The lowest BCUT2D eigenvalue weighted by Crippen LogP contribution is -2.05. The van der Waals surface area contributed by atoms with Gasteiger partial charge >= 0.3 is 0 Å². The van der Waals surface area contributed by atoms with Gasteiger partial charge in [0.05, 0.1) is 0 Å². The summed E-state index contributed by atoms with van der Waals surface area (Å²) in [6.45, 7) is 4.55. The predicted molar refractivity (Wildman–Crippen MR) is 106 cm³/mol. The summed E-state index contributed by atoms with van der Waals surface area (Å²) in [6, 6.07) is 8.89. The second-order valence-electron chi connectivity index (χ2n) is 7.27. The van der Waals surface area contributed by atoms with Crippen LogP contribution in [0.25, 0.3) is 0 Å². The zero-order valence-electron chi connectivity index (χ0n) is 15.7. The van der Waals surface area contributed by atoms with Crippen LogP contribution in [0.4, 0.5) is 0 Å². The Labute approximate surface area is 149 Å². The summed E-state index contributed by atoms with van der Waals surface area (Å²) < 4.78 is 0. The molecule has 0 saturated carbocycles. The Kier molecular flexibility index (Phi) is 8.75. The molecule has 0 aromatic heterocycles.